The van der Waals surface area contributed by atoms with Gasteiger partial charge in [-0.25, -0.2) is 9.97 Å². The number of aliphatic carboxylic acids is 1. The van der Waals surface area contributed by atoms with Gasteiger partial charge in [-0.2, -0.15) is 8.78 Å². The molecule has 252 valence electrons. The predicted octanol–water partition coefficient (Wildman–Crippen LogP) is 7.34. The Hall–Kier alpha value is -4.28. The molecule has 1 atom stereocenters. The molecule has 1 aliphatic carbocycles. The van der Waals surface area contributed by atoms with E-state index in [9.17, 15) is 23.5 Å². The molecule has 2 aromatic heterocycles. The molecule has 1 unspecified atom stereocenters. The van der Waals surface area contributed by atoms with Crippen LogP contribution >= 0.6 is 0 Å². The molecular formula is C36H44F2N4O5. The van der Waals surface area contributed by atoms with E-state index in [4.69, 9.17) is 9.47 Å². The molecule has 9 nitrogen and oxygen atoms in total. The molecule has 2 fully saturated rings. The Balaban J connectivity index is 1.30. The smallest absolute Gasteiger partial charge is 0.387 e. The van der Waals surface area contributed by atoms with Crippen LogP contribution in [0.3, 0.4) is 0 Å². The Kier molecular flexibility index (Phi) is 10.6. The highest BCUT2D eigenvalue weighted by Crippen LogP contribution is 2.45. The topological polar surface area (TPSA) is 105 Å². The van der Waals surface area contributed by atoms with E-state index in [0.717, 1.165) is 36.9 Å². The number of rotatable bonds is 13. The first-order valence-corrected chi connectivity index (χ1v) is 16.3. The highest BCUT2D eigenvalue weighted by molar-refractivity contribution is 6.09. The largest absolute Gasteiger partial charge is 0.481 e. The predicted molar refractivity (Wildman–Crippen MR) is 176 cm³/mol. The summed E-state index contributed by atoms with van der Waals surface area (Å²) >= 11 is 0. The van der Waals surface area contributed by atoms with Crippen LogP contribution in [0.1, 0.15) is 80.4 Å². The first-order chi connectivity index (χ1) is 22.4. The lowest BCUT2D eigenvalue weighted by Gasteiger charge is -2.36. The number of aryl methyl sites for hydroxylation is 1. The molecule has 1 amide bonds. The number of halogens is 2. The Bertz CT molecular complexity index is 1550. The number of carboxylic acid groups (broad SMARTS) is 1. The van der Waals surface area contributed by atoms with Crippen molar-refractivity contribution >= 4 is 23.4 Å². The summed E-state index contributed by atoms with van der Waals surface area (Å²) in [5, 5.41) is 9.39. The van der Waals surface area contributed by atoms with E-state index in [-0.39, 0.29) is 35.3 Å². The van der Waals surface area contributed by atoms with Crippen molar-refractivity contribution in [2.24, 2.45) is 17.3 Å². The van der Waals surface area contributed by atoms with E-state index in [2.05, 4.69) is 9.97 Å². The average Bonchev–Trinajstić information content (AvgIpc) is 3.86. The van der Waals surface area contributed by atoms with Gasteiger partial charge in [0, 0.05) is 43.7 Å². The highest BCUT2D eigenvalue weighted by atomic mass is 19.3. The molecule has 1 saturated carbocycles. The first kappa shape index (κ1) is 34.1. The van der Waals surface area contributed by atoms with Crippen molar-refractivity contribution in [1.29, 1.82) is 0 Å². The van der Waals surface area contributed by atoms with Crippen LogP contribution in [-0.2, 0) is 4.79 Å². The van der Waals surface area contributed by atoms with Gasteiger partial charge in [0.25, 0.3) is 5.91 Å². The maximum absolute atomic E-state index is 14.2. The van der Waals surface area contributed by atoms with E-state index in [1.807, 2.05) is 56.9 Å². The van der Waals surface area contributed by atoms with Gasteiger partial charge in [0.2, 0.25) is 5.88 Å². The number of hydrogen-bond donors (Lipinski definition) is 1. The number of anilines is 2. The normalized spacial score (nSPS) is 16.2. The summed E-state index contributed by atoms with van der Waals surface area (Å²) < 4.78 is 37.2. The van der Waals surface area contributed by atoms with Crippen molar-refractivity contribution in [3.8, 4) is 11.6 Å². The molecule has 11 heteroatoms. The van der Waals surface area contributed by atoms with E-state index in [0.29, 0.717) is 55.1 Å². The maximum Gasteiger partial charge on any atom is 0.387 e. The van der Waals surface area contributed by atoms with E-state index in [1.165, 1.54) is 12.1 Å². The lowest BCUT2D eigenvalue weighted by Crippen LogP contribution is -2.41. The number of carbonyl (C=O) groups excluding carboxylic acids is 1. The minimum atomic E-state index is -2.99. The van der Waals surface area contributed by atoms with Gasteiger partial charge in [-0.05, 0) is 91.7 Å². The summed E-state index contributed by atoms with van der Waals surface area (Å²) in [6.45, 7) is 7.04. The van der Waals surface area contributed by atoms with E-state index < -0.39 is 12.6 Å². The molecule has 1 N–H and O–H groups in total. The summed E-state index contributed by atoms with van der Waals surface area (Å²) in [6.07, 6.45) is 5.35. The zero-order valence-corrected chi connectivity index (χ0v) is 27.5. The summed E-state index contributed by atoms with van der Waals surface area (Å²) in [7, 11) is 0. The Morgan fingerprint density at radius 3 is 2.45 bits per heavy atom. The quantitative estimate of drug-likeness (QED) is 0.205. The minimum Gasteiger partial charge on any atom is -0.481 e. The summed E-state index contributed by atoms with van der Waals surface area (Å²) in [5.41, 5.74) is 2.42. The number of alkyl halides is 2. The second-order valence-corrected chi connectivity index (χ2v) is 13.9. The van der Waals surface area contributed by atoms with Crippen LogP contribution in [0.25, 0.3) is 0 Å². The Morgan fingerprint density at radius 2 is 1.81 bits per heavy atom. The van der Waals surface area contributed by atoms with Crippen molar-refractivity contribution in [2.75, 3.05) is 36.0 Å². The number of nitrogens with zero attached hydrogens (tertiary/aromatic N) is 4. The fourth-order valence-electron chi connectivity index (χ4n) is 6.21. The second kappa shape index (κ2) is 14.6. The van der Waals surface area contributed by atoms with Crippen molar-refractivity contribution in [2.45, 2.75) is 72.3 Å². The fourth-order valence-corrected chi connectivity index (χ4v) is 6.21. The molecule has 3 heterocycles. The van der Waals surface area contributed by atoms with Gasteiger partial charge in [0.1, 0.15) is 11.6 Å². The molecule has 3 aromatic rings. The molecule has 5 rings (SSSR count). The molecule has 0 spiro atoms. The van der Waals surface area contributed by atoms with Gasteiger partial charge >= 0.3 is 12.6 Å². The molecule has 0 bridgehead atoms. The van der Waals surface area contributed by atoms with Crippen molar-refractivity contribution in [3.63, 3.8) is 0 Å². The molecule has 47 heavy (non-hydrogen) atoms. The number of carbonyl (C=O) groups is 2. The van der Waals surface area contributed by atoms with Crippen LogP contribution in [0.5, 0.6) is 11.6 Å². The van der Waals surface area contributed by atoms with Gasteiger partial charge in [-0.1, -0.05) is 26.8 Å². The third kappa shape index (κ3) is 9.39. The van der Waals surface area contributed by atoms with Crippen molar-refractivity contribution in [1.82, 2.24) is 9.97 Å². The molecule has 1 saturated heterocycles. The van der Waals surface area contributed by atoms with Crippen LogP contribution in [0.15, 0.2) is 54.7 Å². The molecule has 0 radical (unpaired) electrons. The number of ether oxygens (including phenoxy) is 2. The molecule has 2 aliphatic rings. The monoisotopic (exact) mass is 650 g/mol. The third-order valence-corrected chi connectivity index (χ3v) is 8.65. The van der Waals surface area contributed by atoms with Crippen LogP contribution in [0.2, 0.25) is 0 Å². The second-order valence-electron chi connectivity index (χ2n) is 13.9. The Labute approximate surface area is 274 Å². The number of carboxylic acids is 1. The van der Waals surface area contributed by atoms with E-state index >= 15 is 0 Å². The number of amides is 1. The number of pyridine rings is 2. The van der Waals surface area contributed by atoms with Gasteiger partial charge in [0.15, 0.2) is 0 Å². The summed E-state index contributed by atoms with van der Waals surface area (Å²) in [6, 6.07) is 13.8. The standard InChI is InChI=1S/C36H44F2N4O5/c1-23-6-5-7-31(40-23)42(22-36(2,3)4)34(45)28-11-10-27(47-35(37)38)19-30(28)41-16-13-24(14-17-41)21-46-32-18-26(12-15-39-32)29(20-33(43)44)25-8-9-25/h5-7,10-12,15,18-19,24-25,29,35H,8-9,13-14,16-17,20-22H2,1-4H3,(H,43,44). The van der Waals surface area contributed by atoms with Crippen LogP contribution in [0, 0.1) is 24.2 Å². The van der Waals surface area contributed by atoms with Gasteiger partial charge < -0.3 is 19.5 Å². The number of aromatic nitrogens is 2. The minimum absolute atomic E-state index is 0.00795. The maximum atomic E-state index is 14.2. The lowest BCUT2D eigenvalue weighted by molar-refractivity contribution is -0.137. The van der Waals surface area contributed by atoms with Crippen LogP contribution in [0.4, 0.5) is 20.3 Å². The molecule has 1 aromatic carbocycles. The van der Waals surface area contributed by atoms with Gasteiger partial charge in [0.05, 0.1) is 24.3 Å². The zero-order chi connectivity index (χ0) is 33.7. The summed E-state index contributed by atoms with van der Waals surface area (Å²) in [4.78, 5) is 38.4. The fraction of sp³-hybridized carbons (Fsp3) is 0.500. The number of piperidine rings is 1. The SMILES string of the molecule is Cc1cccc(N(CC(C)(C)C)C(=O)c2ccc(OC(F)F)cc2N2CCC(COc3cc(C(CC(=O)O)C4CC4)ccn3)CC2)n1. The van der Waals surface area contributed by atoms with Gasteiger partial charge in [-0.3, -0.25) is 14.5 Å². The van der Waals surface area contributed by atoms with Crippen LogP contribution in [-0.4, -0.2) is 59.8 Å². The third-order valence-electron chi connectivity index (χ3n) is 8.65. The highest BCUT2D eigenvalue weighted by Gasteiger charge is 2.34. The van der Waals surface area contributed by atoms with Crippen LogP contribution < -0.4 is 19.3 Å². The summed E-state index contributed by atoms with van der Waals surface area (Å²) in [5.74, 6) is 0.496. The number of benzene rings is 1. The first-order valence-electron chi connectivity index (χ1n) is 16.3. The average molecular weight is 651 g/mol. The zero-order valence-electron chi connectivity index (χ0n) is 27.5. The molecular weight excluding hydrogens is 606 g/mol. The lowest BCUT2D eigenvalue weighted by atomic mass is 9.92. The van der Waals surface area contributed by atoms with Gasteiger partial charge in [-0.15, -0.1) is 0 Å². The van der Waals surface area contributed by atoms with Crippen molar-refractivity contribution < 1.29 is 33.0 Å². The Morgan fingerprint density at radius 1 is 1.06 bits per heavy atom. The number of hydrogen-bond acceptors (Lipinski definition) is 7. The van der Waals surface area contributed by atoms with Crippen molar-refractivity contribution in [3.05, 3.63) is 71.5 Å². The van der Waals surface area contributed by atoms with E-state index in [1.54, 1.807) is 23.2 Å². The molecule has 1 aliphatic heterocycles.